The number of hydrogen-bond donors (Lipinski definition) is 0. The third-order valence-corrected chi connectivity index (χ3v) is 11.9. The highest BCUT2D eigenvalue weighted by atomic mass is 32.1. The molecular formula is C42H23NOS2. The van der Waals surface area contributed by atoms with Crippen LogP contribution in [0.3, 0.4) is 0 Å². The zero-order chi connectivity index (χ0) is 29.9. The van der Waals surface area contributed by atoms with Gasteiger partial charge in [0, 0.05) is 68.4 Å². The monoisotopic (exact) mass is 621 g/mol. The van der Waals surface area contributed by atoms with Gasteiger partial charge in [-0.2, -0.15) is 0 Å². The number of fused-ring (bicyclic) bond motifs is 13. The van der Waals surface area contributed by atoms with Crippen LogP contribution in [0.5, 0.6) is 0 Å². The summed E-state index contributed by atoms with van der Waals surface area (Å²) in [6.45, 7) is 0. The molecule has 0 amide bonds. The van der Waals surface area contributed by atoms with Gasteiger partial charge in [0.1, 0.15) is 11.2 Å². The molecule has 0 bridgehead atoms. The van der Waals surface area contributed by atoms with Crippen molar-refractivity contribution >= 4 is 107 Å². The summed E-state index contributed by atoms with van der Waals surface area (Å²) in [5.41, 5.74) is 7.91. The summed E-state index contributed by atoms with van der Waals surface area (Å²) < 4.78 is 14.1. The van der Waals surface area contributed by atoms with Crippen LogP contribution in [0.2, 0.25) is 0 Å². The summed E-state index contributed by atoms with van der Waals surface area (Å²) in [7, 11) is 0. The Bertz CT molecular complexity index is 3040. The summed E-state index contributed by atoms with van der Waals surface area (Å²) in [4.78, 5) is 0. The lowest BCUT2D eigenvalue weighted by Gasteiger charge is -2.09. The average Bonchev–Trinajstić information content (AvgIpc) is 3.86. The fraction of sp³-hybridized carbons (Fsp3) is 0. The molecule has 4 aromatic heterocycles. The Hall–Kier alpha value is -5.42. The molecule has 11 aromatic rings. The molecule has 0 aliphatic rings. The van der Waals surface area contributed by atoms with Gasteiger partial charge >= 0.3 is 0 Å². The van der Waals surface area contributed by atoms with E-state index in [2.05, 4.69) is 138 Å². The van der Waals surface area contributed by atoms with Crippen LogP contribution >= 0.6 is 22.7 Å². The summed E-state index contributed by atoms with van der Waals surface area (Å²) in [5, 5.41) is 10.1. The second kappa shape index (κ2) is 9.07. The van der Waals surface area contributed by atoms with Crippen molar-refractivity contribution in [3.8, 4) is 16.8 Å². The third kappa shape index (κ3) is 3.30. The van der Waals surface area contributed by atoms with E-state index >= 15 is 0 Å². The SMILES string of the molecule is c1ccc2c(c1)oc1c(-c3ccc4c(c3)sc3ccc(-n5c6ccccc6c6ccc7c8ccccc8sc7c65)cc34)cccc12. The Morgan fingerprint density at radius 2 is 1.20 bits per heavy atom. The van der Waals surface area contributed by atoms with Crippen LogP contribution in [0.15, 0.2) is 144 Å². The minimum atomic E-state index is 0.929. The normalized spacial score (nSPS) is 12.3. The highest BCUT2D eigenvalue weighted by Gasteiger charge is 2.19. The Balaban J connectivity index is 1.14. The van der Waals surface area contributed by atoms with E-state index < -0.39 is 0 Å². The van der Waals surface area contributed by atoms with Crippen LogP contribution < -0.4 is 0 Å². The van der Waals surface area contributed by atoms with Crippen molar-refractivity contribution < 1.29 is 4.42 Å². The van der Waals surface area contributed by atoms with Crippen LogP contribution in [0, 0.1) is 0 Å². The van der Waals surface area contributed by atoms with Crippen molar-refractivity contribution in [1.82, 2.24) is 4.57 Å². The maximum absolute atomic E-state index is 6.39. The van der Waals surface area contributed by atoms with Gasteiger partial charge in [-0.05, 0) is 48.0 Å². The molecule has 0 N–H and O–H groups in total. The molecule has 2 nitrogen and oxygen atoms in total. The van der Waals surface area contributed by atoms with Gasteiger partial charge in [-0.3, -0.25) is 0 Å². The summed E-state index contributed by atoms with van der Waals surface area (Å²) in [5.74, 6) is 0. The minimum absolute atomic E-state index is 0.929. The molecule has 0 spiro atoms. The van der Waals surface area contributed by atoms with E-state index in [0.717, 1.165) is 27.5 Å². The van der Waals surface area contributed by atoms with Crippen molar-refractivity contribution in [3.63, 3.8) is 0 Å². The lowest BCUT2D eigenvalue weighted by molar-refractivity contribution is 0.670. The van der Waals surface area contributed by atoms with Gasteiger partial charge in [0.05, 0.1) is 15.7 Å². The lowest BCUT2D eigenvalue weighted by Crippen LogP contribution is -1.93. The number of para-hydroxylation sites is 3. The molecule has 0 saturated heterocycles. The number of furan rings is 1. The van der Waals surface area contributed by atoms with Gasteiger partial charge in [0.15, 0.2) is 0 Å². The molecular weight excluding hydrogens is 599 g/mol. The number of nitrogens with zero attached hydrogens (tertiary/aromatic N) is 1. The standard InChI is InChI=1S/C42H23NOS2/c1-4-13-35-27(8-1)31-19-20-33-29-10-3-6-15-37(29)46-42(33)40(31)43(35)25-17-21-38-34(23-25)30-18-16-24(22-39(30)45-38)26-11-7-12-32-28-9-2-5-14-36(28)44-41(26)32/h1-23H. The molecule has 0 fully saturated rings. The van der Waals surface area contributed by atoms with Crippen LogP contribution in [-0.2, 0) is 0 Å². The smallest absolute Gasteiger partial charge is 0.143 e. The zero-order valence-electron chi connectivity index (χ0n) is 24.5. The predicted octanol–water partition coefficient (Wildman–Crippen LogP) is 13.1. The average molecular weight is 622 g/mol. The van der Waals surface area contributed by atoms with E-state index in [-0.39, 0.29) is 0 Å². The van der Waals surface area contributed by atoms with E-state index in [9.17, 15) is 0 Å². The first-order chi connectivity index (χ1) is 22.8. The van der Waals surface area contributed by atoms with Crippen molar-refractivity contribution in [2.24, 2.45) is 0 Å². The van der Waals surface area contributed by atoms with E-state index in [4.69, 9.17) is 4.42 Å². The molecule has 0 aliphatic heterocycles. The fourth-order valence-corrected chi connectivity index (χ4v) is 9.91. The molecule has 0 saturated carbocycles. The number of aromatic nitrogens is 1. The first kappa shape index (κ1) is 24.8. The second-order valence-electron chi connectivity index (χ2n) is 12.1. The molecule has 7 aromatic carbocycles. The number of benzene rings is 7. The van der Waals surface area contributed by atoms with Crippen molar-refractivity contribution in [2.75, 3.05) is 0 Å². The van der Waals surface area contributed by atoms with Gasteiger partial charge in [-0.15, -0.1) is 22.7 Å². The van der Waals surface area contributed by atoms with Gasteiger partial charge in [0.2, 0.25) is 0 Å². The molecule has 0 aliphatic carbocycles. The molecule has 46 heavy (non-hydrogen) atoms. The van der Waals surface area contributed by atoms with Gasteiger partial charge < -0.3 is 8.98 Å². The largest absolute Gasteiger partial charge is 0.455 e. The van der Waals surface area contributed by atoms with Crippen LogP contribution in [0.25, 0.3) is 101 Å². The zero-order valence-corrected chi connectivity index (χ0v) is 26.1. The van der Waals surface area contributed by atoms with Crippen LogP contribution in [-0.4, -0.2) is 4.57 Å². The molecule has 4 heterocycles. The van der Waals surface area contributed by atoms with Crippen molar-refractivity contribution in [1.29, 1.82) is 0 Å². The third-order valence-electron chi connectivity index (χ3n) is 9.61. The van der Waals surface area contributed by atoms with Crippen LogP contribution in [0.4, 0.5) is 0 Å². The van der Waals surface area contributed by atoms with Gasteiger partial charge in [-0.25, -0.2) is 0 Å². The van der Waals surface area contributed by atoms with Crippen LogP contribution in [0.1, 0.15) is 0 Å². The fourth-order valence-electron chi connectivity index (χ4n) is 7.55. The topological polar surface area (TPSA) is 18.1 Å². The predicted molar refractivity (Wildman–Crippen MR) is 199 cm³/mol. The van der Waals surface area contributed by atoms with Gasteiger partial charge in [0.25, 0.3) is 0 Å². The number of hydrogen-bond acceptors (Lipinski definition) is 3. The summed E-state index contributed by atoms with van der Waals surface area (Å²) in [6.07, 6.45) is 0. The number of thiophene rings is 2. The Morgan fingerprint density at radius 1 is 0.457 bits per heavy atom. The first-order valence-electron chi connectivity index (χ1n) is 15.5. The highest BCUT2D eigenvalue weighted by molar-refractivity contribution is 7.26. The molecule has 0 unspecified atom stereocenters. The van der Waals surface area contributed by atoms with E-state index in [0.29, 0.717) is 0 Å². The second-order valence-corrected chi connectivity index (χ2v) is 14.2. The Labute approximate surface area is 270 Å². The van der Waals surface area contributed by atoms with Gasteiger partial charge in [-0.1, -0.05) is 97.1 Å². The molecule has 0 atom stereocenters. The highest BCUT2D eigenvalue weighted by Crippen LogP contribution is 2.45. The summed E-state index contributed by atoms with van der Waals surface area (Å²) in [6, 6.07) is 50.9. The quantitative estimate of drug-likeness (QED) is 0.188. The molecule has 11 rings (SSSR count). The van der Waals surface area contributed by atoms with E-state index in [1.807, 2.05) is 28.7 Å². The molecule has 214 valence electrons. The first-order valence-corrected chi connectivity index (χ1v) is 17.1. The van der Waals surface area contributed by atoms with E-state index in [1.165, 1.54) is 73.4 Å². The molecule has 4 heteroatoms. The van der Waals surface area contributed by atoms with E-state index in [1.54, 1.807) is 0 Å². The maximum atomic E-state index is 6.39. The number of rotatable bonds is 2. The molecule has 0 radical (unpaired) electrons. The maximum Gasteiger partial charge on any atom is 0.143 e. The Morgan fingerprint density at radius 3 is 2.15 bits per heavy atom. The lowest BCUT2D eigenvalue weighted by atomic mass is 10.0. The minimum Gasteiger partial charge on any atom is -0.455 e. The summed E-state index contributed by atoms with van der Waals surface area (Å²) >= 11 is 3.76. The van der Waals surface area contributed by atoms with Crippen molar-refractivity contribution in [2.45, 2.75) is 0 Å². The Kier molecular flexibility index (Phi) is 4.90. The van der Waals surface area contributed by atoms with Crippen molar-refractivity contribution in [3.05, 3.63) is 140 Å².